The first-order valence-electron chi connectivity index (χ1n) is 5.83. The van der Waals surface area contributed by atoms with Crippen LogP contribution in [0.25, 0.3) is 0 Å². The summed E-state index contributed by atoms with van der Waals surface area (Å²) in [4.78, 5) is 22.6. The highest BCUT2D eigenvalue weighted by atomic mass is 16.5. The standard InChI is InChI=1S/C12H18N2O4/c1-7(2)4-10(12(16)17)13-11(15)6-9-5-8(3)18-14-9/h5,7,10H,4,6H2,1-3H3,(H,13,15)(H,16,17)/t10-/m1/s1. The minimum atomic E-state index is -1.02. The van der Waals surface area contributed by atoms with Gasteiger partial charge in [-0.2, -0.15) is 0 Å². The smallest absolute Gasteiger partial charge is 0.326 e. The Balaban J connectivity index is 2.53. The SMILES string of the molecule is Cc1cc(CC(=O)N[C@H](CC(C)C)C(=O)O)no1. The second-order valence-corrected chi connectivity index (χ2v) is 4.69. The van der Waals surface area contributed by atoms with Gasteiger partial charge in [0.15, 0.2) is 0 Å². The Hall–Kier alpha value is -1.85. The lowest BCUT2D eigenvalue weighted by Gasteiger charge is -2.15. The molecular formula is C12H18N2O4. The van der Waals surface area contributed by atoms with Crippen molar-refractivity contribution in [2.45, 2.75) is 39.7 Å². The van der Waals surface area contributed by atoms with E-state index in [2.05, 4.69) is 10.5 Å². The van der Waals surface area contributed by atoms with E-state index in [1.807, 2.05) is 13.8 Å². The maximum Gasteiger partial charge on any atom is 0.326 e. The molecule has 0 saturated heterocycles. The molecule has 0 unspecified atom stereocenters. The maximum absolute atomic E-state index is 11.7. The first-order valence-corrected chi connectivity index (χ1v) is 5.83. The average Bonchev–Trinajstić information content (AvgIpc) is 2.62. The Labute approximate surface area is 105 Å². The van der Waals surface area contributed by atoms with Crippen molar-refractivity contribution in [1.82, 2.24) is 10.5 Å². The molecule has 0 aromatic carbocycles. The zero-order valence-corrected chi connectivity index (χ0v) is 10.8. The molecule has 0 bridgehead atoms. The van der Waals surface area contributed by atoms with E-state index < -0.39 is 12.0 Å². The molecule has 0 radical (unpaired) electrons. The number of aromatic nitrogens is 1. The first kappa shape index (κ1) is 14.2. The predicted octanol–water partition coefficient (Wildman–Crippen LogP) is 1.14. The highest BCUT2D eigenvalue weighted by Gasteiger charge is 2.21. The summed E-state index contributed by atoms with van der Waals surface area (Å²) in [6, 6.07) is 0.795. The van der Waals surface area contributed by atoms with Gasteiger partial charge in [0.1, 0.15) is 11.8 Å². The summed E-state index contributed by atoms with van der Waals surface area (Å²) >= 11 is 0. The van der Waals surface area contributed by atoms with Gasteiger partial charge in [0.2, 0.25) is 5.91 Å². The van der Waals surface area contributed by atoms with Gasteiger partial charge in [0.05, 0.1) is 12.1 Å². The number of hydrogen-bond donors (Lipinski definition) is 2. The number of hydrogen-bond acceptors (Lipinski definition) is 4. The summed E-state index contributed by atoms with van der Waals surface area (Å²) in [5.41, 5.74) is 0.499. The van der Waals surface area contributed by atoms with Gasteiger partial charge in [-0.3, -0.25) is 4.79 Å². The molecule has 0 fully saturated rings. The molecule has 1 heterocycles. The van der Waals surface area contributed by atoms with Crippen LogP contribution in [0.2, 0.25) is 0 Å². The van der Waals surface area contributed by atoms with Gasteiger partial charge < -0.3 is 14.9 Å². The van der Waals surface area contributed by atoms with Crippen LogP contribution in [0.3, 0.4) is 0 Å². The minimum absolute atomic E-state index is 0.0270. The summed E-state index contributed by atoms with van der Waals surface area (Å²) < 4.78 is 4.84. The maximum atomic E-state index is 11.7. The number of amides is 1. The molecule has 0 aliphatic rings. The van der Waals surface area contributed by atoms with Crippen molar-refractivity contribution >= 4 is 11.9 Å². The van der Waals surface area contributed by atoms with Crippen molar-refractivity contribution in [3.8, 4) is 0 Å². The van der Waals surface area contributed by atoms with Gasteiger partial charge in [0.25, 0.3) is 0 Å². The third-order valence-corrected chi connectivity index (χ3v) is 2.36. The highest BCUT2D eigenvalue weighted by molar-refractivity contribution is 5.84. The topological polar surface area (TPSA) is 92.4 Å². The van der Waals surface area contributed by atoms with Gasteiger partial charge in [-0.1, -0.05) is 19.0 Å². The fourth-order valence-corrected chi connectivity index (χ4v) is 1.60. The Bertz CT molecular complexity index is 425. The Morgan fingerprint density at radius 3 is 2.61 bits per heavy atom. The van der Waals surface area contributed by atoms with Crippen LogP contribution in [0.5, 0.6) is 0 Å². The van der Waals surface area contributed by atoms with E-state index in [9.17, 15) is 9.59 Å². The van der Waals surface area contributed by atoms with E-state index in [1.165, 1.54) is 0 Å². The molecule has 2 N–H and O–H groups in total. The lowest BCUT2D eigenvalue weighted by molar-refractivity contribution is -0.142. The van der Waals surface area contributed by atoms with E-state index in [-0.39, 0.29) is 18.2 Å². The number of rotatable bonds is 6. The molecule has 1 aromatic heterocycles. The van der Waals surface area contributed by atoms with E-state index in [0.717, 1.165) is 0 Å². The highest BCUT2D eigenvalue weighted by Crippen LogP contribution is 2.06. The molecular weight excluding hydrogens is 236 g/mol. The fourth-order valence-electron chi connectivity index (χ4n) is 1.60. The molecule has 6 heteroatoms. The summed E-state index contributed by atoms with van der Waals surface area (Å²) in [6.07, 6.45) is 0.429. The zero-order valence-electron chi connectivity index (χ0n) is 10.8. The molecule has 0 saturated carbocycles. The average molecular weight is 254 g/mol. The van der Waals surface area contributed by atoms with Gasteiger partial charge >= 0.3 is 5.97 Å². The molecule has 1 aromatic rings. The molecule has 1 amide bonds. The number of carboxylic acid groups (broad SMARTS) is 1. The van der Waals surface area contributed by atoms with Crippen LogP contribution < -0.4 is 5.32 Å². The summed E-state index contributed by atoms with van der Waals surface area (Å²) in [7, 11) is 0. The normalized spacial score (nSPS) is 12.4. The summed E-state index contributed by atoms with van der Waals surface area (Å²) in [5, 5.41) is 15.2. The predicted molar refractivity (Wildman–Crippen MR) is 64.0 cm³/mol. The van der Waals surface area contributed by atoms with Crippen LogP contribution >= 0.6 is 0 Å². The fraction of sp³-hybridized carbons (Fsp3) is 0.583. The van der Waals surface area contributed by atoms with Crippen LogP contribution in [-0.2, 0) is 16.0 Å². The van der Waals surface area contributed by atoms with Crippen molar-refractivity contribution in [3.63, 3.8) is 0 Å². The van der Waals surface area contributed by atoms with E-state index in [0.29, 0.717) is 17.9 Å². The Morgan fingerprint density at radius 1 is 1.50 bits per heavy atom. The quantitative estimate of drug-likeness (QED) is 0.794. The lowest BCUT2D eigenvalue weighted by atomic mass is 10.0. The third kappa shape index (κ3) is 4.57. The largest absolute Gasteiger partial charge is 0.480 e. The van der Waals surface area contributed by atoms with E-state index in [1.54, 1.807) is 13.0 Å². The first-order chi connectivity index (χ1) is 8.38. The van der Waals surface area contributed by atoms with Crippen LogP contribution in [0.15, 0.2) is 10.6 Å². The molecule has 0 spiro atoms. The Morgan fingerprint density at radius 2 is 2.17 bits per heavy atom. The zero-order chi connectivity index (χ0) is 13.7. The lowest BCUT2D eigenvalue weighted by Crippen LogP contribution is -2.42. The monoisotopic (exact) mass is 254 g/mol. The van der Waals surface area contributed by atoms with Crippen molar-refractivity contribution in [1.29, 1.82) is 0 Å². The van der Waals surface area contributed by atoms with Crippen molar-refractivity contribution < 1.29 is 19.2 Å². The van der Waals surface area contributed by atoms with Gasteiger partial charge in [-0.15, -0.1) is 0 Å². The Kier molecular flexibility index (Phi) is 4.88. The van der Waals surface area contributed by atoms with Crippen molar-refractivity contribution in [3.05, 3.63) is 17.5 Å². The molecule has 0 aliphatic carbocycles. The van der Waals surface area contributed by atoms with Crippen LogP contribution in [0.1, 0.15) is 31.7 Å². The molecule has 1 atom stereocenters. The van der Waals surface area contributed by atoms with Crippen LogP contribution in [-0.4, -0.2) is 28.2 Å². The minimum Gasteiger partial charge on any atom is -0.480 e. The van der Waals surface area contributed by atoms with Crippen molar-refractivity contribution in [2.24, 2.45) is 5.92 Å². The van der Waals surface area contributed by atoms with Gasteiger partial charge in [-0.25, -0.2) is 4.79 Å². The molecule has 6 nitrogen and oxygen atoms in total. The second-order valence-electron chi connectivity index (χ2n) is 4.69. The van der Waals surface area contributed by atoms with E-state index in [4.69, 9.17) is 9.63 Å². The van der Waals surface area contributed by atoms with Gasteiger partial charge in [-0.05, 0) is 19.3 Å². The van der Waals surface area contributed by atoms with E-state index >= 15 is 0 Å². The number of nitrogens with zero attached hydrogens (tertiary/aromatic N) is 1. The number of aliphatic carboxylic acids is 1. The number of carbonyl (C=O) groups is 2. The molecule has 18 heavy (non-hydrogen) atoms. The number of carbonyl (C=O) groups excluding carboxylic acids is 1. The second kappa shape index (κ2) is 6.18. The third-order valence-electron chi connectivity index (χ3n) is 2.36. The van der Waals surface area contributed by atoms with Crippen LogP contribution in [0.4, 0.5) is 0 Å². The number of carboxylic acids is 1. The summed E-state index contributed by atoms with van der Waals surface area (Å²) in [5.74, 6) is -0.569. The number of nitrogens with one attached hydrogen (secondary N) is 1. The molecule has 1 rings (SSSR count). The molecule has 100 valence electrons. The van der Waals surface area contributed by atoms with Crippen LogP contribution in [0, 0.1) is 12.8 Å². The van der Waals surface area contributed by atoms with Crippen molar-refractivity contribution in [2.75, 3.05) is 0 Å². The van der Waals surface area contributed by atoms with Gasteiger partial charge in [0, 0.05) is 6.07 Å². The summed E-state index contributed by atoms with van der Waals surface area (Å²) in [6.45, 7) is 5.54. The number of aryl methyl sites for hydroxylation is 1. The molecule has 0 aliphatic heterocycles.